The van der Waals surface area contributed by atoms with Gasteiger partial charge in [-0.2, -0.15) is 8.78 Å². The fraction of sp³-hybridized carbons (Fsp3) is 0.412. The predicted octanol–water partition coefficient (Wildman–Crippen LogP) is 2.50. The molecule has 1 saturated heterocycles. The lowest BCUT2D eigenvalue weighted by molar-refractivity contribution is -0.0533. The number of carbonyl (C=O) groups is 1. The lowest BCUT2D eigenvalue weighted by Crippen LogP contribution is -2.27. The highest BCUT2D eigenvalue weighted by Crippen LogP contribution is 2.22. The van der Waals surface area contributed by atoms with Crippen molar-refractivity contribution in [3.8, 4) is 5.88 Å². The molecule has 3 heterocycles. The summed E-state index contributed by atoms with van der Waals surface area (Å²) in [4.78, 5) is 24.7. The maximum Gasteiger partial charge on any atom is 0.388 e. The van der Waals surface area contributed by atoms with Crippen LogP contribution in [-0.4, -0.2) is 40.6 Å². The minimum absolute atomic E-state index is 0.173. The molecule has 1 aliphatic rings. The summed E-state index contributed by atoms with van der Waals surface area (Å²) < 4.78 is 28.8. The lowest BCUT2D eigenvalue weighted by Gasteiger charge is -2.21. The van der Waals surface area contributed by atoms with E-state index in [-0.39, 0.29) is 5.88 Å². The largest absolute Gasteiger partial charge is 0.417 e. The van der Waals surface area contributed by atoms with Crippen molar-refractivity contribution in [1.82, 2.24) is 20.3 Å². The van der Waals surface area contributed by atoms with Crippen molar-refractivity contribution in [3.63, 3.8) is 0 Å². The van der Waals surface area contributed by atoms with Gasteiger partial charge in [-0.05, 0) is 38.9 Å². The van der Waals surface area contributed by atoms with E-state index >= 15 is 0 Å². The van der Waals surface area contributed by atoms with E-state index in [1.807, 2.05) is 0 Å². The van der Waals surface area contributed by atoms with Crippen LogP contribution in [0.15, 0.2) is 24.7 Å². The Morgan fingerprint density at radius 3 is 2.54 bits per heavy atom. The molecule has 26 heavy (non-hydrogen) atoms. The summed E-state index contributed by atoms with van der Waals surface area (Å²) >= 11 is 0. The fourth-order valence-corrected chi connectivity index (χ4v) is 2.79. The highest BCUT2D eigenvalue weighted by atomic mass is 19.3. The normalized spacial score (nSPS) is 15.1. The number of aromatic nitrogens is 3. The number of hydrogen-bond acceptors (Lipinski definition) is 6. The topological polar surface area (TPSA) is 89.0 Å². The van der Waals surface area contributed by atoms with Crippen molar-refractivity contribution in [2.24, 2.45) is 0 Å². The molecule has 1 aliphatic heterocycles. The van der Waals surface area contributed by atoms with Crippen LogP contribution in [0.3, 0.4) is 0 Å². The number of nitrogens with zero attached hydrogens (tertiary/aromatic N) is 3. The van der Waals surface area contributed by atoms with E-state index in [0.29, 0.717) is 22.7 Å². The third-order valence-electron chi connectivity index (χ3n) is 4.13. The molecular weight excluding hydrogens is 344 g/mol. The Labute approximate surface area is 149 Å². The average Bonchev–Trinajstić information content (AvgIpc) is 2.64. The number of alkyl halides is 2. The van der Waals surface area contributed by atoms with Crippen LogP contribution in [0.25, 0.3) is 0 Å². The molecule has 1 fully saturated rings. The average molecular weight is 363 g/mol. The van der Waals surface area contributed by atoms with Crippen LogP contribution in [0, 0.1) is 6.92 Å². The standard InChI is InChI=1S/C17H19F2N5O2/c1-10-6-13(9-23-16(10)26-17(18)19)24-15(25)12-7-21-14(22-8-12)11-2-4-20-5-3-11/h6-9,11,17,20H,2-5H2,1H3,(H,24,25). The molecule has 0 spiro atoms. The van der Waals surface area contributed by atoms with E-state index in [1.54, 1.807) is 6.92 Å². The summed E-state index contributed by atoms with van der Waals surface area (Å²) in [5, 5.41) is 5.93. The van der Waals surface area contributed by atoms with Crippen LogP contribution in [0.2, 0.25) is 0 Å². The second kappa shape index (κ2) is 8.13. The van der Waals surface area contributed by atoms with Crippen molar-refractivity contribution >= 4 is 11.6 Å². The molecule has 2 aromatic rings. The molecular formula is C17H19F2N5O2. The smallest absolute Gasteiger partial charge is 0.388 e. The maximum absolute atomic E-state index is 12.3. The molecule has 138 valence electrons. The van der Waals surface area contributed by atoms with Crippen molar-refractivity contribution in [3.05, 3.63) is 41.6 Å². The molecule has 7 nitrogen and oxygen atoms in total. The molecule has 0 bridgehead atoms. The van der Waals surface area contributed by atoms with Gasteiger partial charge in [-0.15, -0.1) is 0 Å². The first kappa shape index (κ1) is 18.1. The number of anilines is 1. The second-order valence-electron chi connectivity index (χ2n) is 6.03. The molecule has 2 aromatic heterocycles. The van der Waals surface area contributed by atoms with E-state index in [9.17, 15) is 13.6 Å². The Hall–Kier alpha value is -2.68. The van der Waals surface area contributed by atoms with Gasteiger partial charge in [-0.1, -0.05) is 0 Å². The molecule has 1 amide bonds. The van der Waals surface area contributed by atoms with E-state index in [2.05, 4.69) is 30.3 Å². The fourth-order valence-electron chi connectivity index (χ4n) is 2.79. The maximum atomic E-state index is 12.3. The Bertz CT molecular complexity index is 764. The van der Waals surface area contributed by atoms with Gasteiger partial charge in [0, 0.05) is 23.9 Å². The number of ether oxygens (including phenoxy) is 1. The summed E-state index contributed by atoms with van der Waals surface area (Å²) in [6.45, 7) is 0.497. The quantitative estimate of drug-likeness (QED) is 0.849. The Balaban J connectivity index is 1.65. The molecule has 0 aliphatic carbocycles. The van der Waals surface area contributed by atoms with Gasteiger partial charge in [0.25, 0.3) is 5.91 Å². The number of aryl methyl sites for hydroxylation is 1. The van der Waals surface area contributed by atoms with Crippen LogP contribution in [0.1, 0.15) is 40.5 Å². The van der Waals surface area contributed by atoms with Gasteiger partial charge < -0.3 is 15.4 Å². The highest BCUT2D eigenvalue weighted by molar-refractivity contribution is 6.03. The van der Waals surface area contributed by atoms with Crippen LogP contribution < -0.4 is 15.4 Å². The first-order valence-corrected chi connectivity index (χ1v) is 8.28. The van der Waals surface area contributed by atoms with E-state index in [0.717, 1.165) is 31.8 Å². The SMILES string of the molecule is Cc1cc(NC(=O)c2cnc(C3CCNCC3)nc2)cnc1OC(F)F. The molecule has 2 N–H and O–H groups in total. The van der Waals surface area contributed by atoms with Gasteiger partial charge in [0.15, 0.2) is 0 Å². The van der Waals surface area contributed by atoms with E-state index in [4.69, 9.17) is 0 Å². The summed E-state index contributed by atoms with van der Waals surface area (Å²) in [7, 11) is 0. The zero-order valence-corrected chi connectivity index (χ0v) is 14.2. The van der Waals surface area contributed by atoms with Gasteiger partial charge in [-0.3, -0.25) is 4.79 Å². The minimum Gasteiger partial charge on any atom is -0.417 e. The minimum atomic E-state index is -2.95. The molecule has 0 atom stereocenters. The van der Waals surface area contributed by atoms with Gasteiger partial charge in [0.05, 0.1) is 17.4 Å². The Kier molecular flexibility index (Phi) is 5.67. The summed E-state index contributed by atoms with van der Waals surface area (Å²) in [5.74, 6) is 0.481. The van der Waals surface area contributed by atoms with Crippen LogP contribution >= 0.6 is 0 Å². The number of rotatable bonds is 5. The number of piperidine rings is 1. The number of amides is 1. The predicted molar refractivity (Wildman–Crippen MR) is 90.4 cm³/mol. The van der Waals surface area contributed by atoms with E-state index < -0.39 is 12.5 Å². The summed E-state index contributed by atoms with van der Waals surface area (Å²) in [5.41, 5.74) is 1.07. The first-order valence-electron chi connectivity index (χ1n) is 8.28. The molecule has 3 rings (SSSR count). The molecule has 0 saturated carbocycles. The monoisotopic (exact) mass is 363 g/mol. The molecule has 0 unspecified atom stereocenters. The zero-order chi connectivity index (χ0) is 18.5. The second-order valence-corrected chi connectivity index (χ2v) is 6.03. The lowest BCUT2D eigenvalue weighted by atomic mass is 9.97. The van der Waals surface area contributed by atoms with Crippen molar-refractivity contribution in [2.75, 3.05) is 18.4 Å². The summed E-state index contributed by atoms with van der Waals surface area (Å²) in [6, 6.07) is 1.51. The van der Waals surface area contributed by atoms with Gasteiger partial charge in [0.1, 0.15) is 5.82 Å². The highest BCUT2D eigenvalue weighted by Gasteiger charge is 2.18. The van der Waals surface area contributed by atoms with Gasteiger partial charge >= 0.3 is 6.61 Å². The van der Waals surface area contributed by atoms with Gasteiger partial charge in [0.2, 0.25) is 5.88 Å². The van der Waals surface area contributed by atoms with Crippen molar-refractivity contribution in [2.45, 2.75) is 32.3 Å². The number of halogens is 2. The van der Waals surface area contributed by atoms with Crippen LogP contribution in [0.4, 0.5) is 14.5 Å². The number of pyridine rings is 1. The third kappa shape index (κ3) is 4.48. The number of carbonyl (C=O) groups excluding carboxylic acids is 1. The van der Waals surface area contributed by atoms with E-state index in [1.165, 1.54) is 24.7 Å². The molecule has 9 heteroatoms. The molecule has 0 aromatic carbocycles. The zero-order valence-electron chi connectivity index (χ0n) is 14.2. The van der Waals surface area contributed by atoms with Crippen molar-refractivity contribution < 1.29 is 18.3 Å². The summed E-state index contributed by atoms with van der Waals surface area (Å²) in [6.07, 6.45) is 6.20. The van der Waals surface area contributed by atoms with Gasteiger partial charge in [-0.25, -0.2) is 15.0 Å². The van der Waals surface area contributed by atoms with Crippen LogP contribution in [0.5, 0.6) is 5.88 Å². The molecule has 0 radical (unpaired) electrons. The number of hydrogen-bond donors (Lipinski definition) is 2. The Morgan fingerprint density at radius 1 is 1.23 bits per heavy atom. The Morgan fingerprint density at radius 2 is 1.92 bits per heavy atom. The van der Waals surface area contributed by atoms with Crippen LogP contribution in [-0.2, 0) is 0 Å². The number of nitrogens with one attached hydrogen (secondary N) is 2. The van der Waals surface area contributed by atoms with Crippen molar-refractivity contribution in [1.29, 1.82) is 0 Å². The third-order valence-corrected chi connectivity index (χ3v) is 4.13. The first-order chi connectivity index (χ1) is 12.5.